The largest absolute Gasteiger partial charge is 0.372 e. The number of rotatable bonds is 2. The summed E-state index contributed by atoms with van der Waals surface area (Å²) in [6, 6.07) is 0. The van der Waals surface area contributed by atoms with Crippen molar-refractivity contribution >= 4 is 12.6 Å². The Labute approximate surface area is 56.1 Å². The second kappa shape index (κ2) is 4.06. The molecule has 0 aliphatic heterocycles. The number of hydrazone groups is 1. The highest BCUT2D eigenvalue weighted by Crippen LogP contribution is 1.78. The van der Waals surface area contributed by atoms with E-state index in [0.29, 0.717) is 0 Å². The summed E-state index contributed by atoms with van der Waals surface area (Å²) in [5.74, 6) is 0.951. The normalized spacial score (nSPS) is 11.2. The number of nitrogens with zero attached hydrogens (tertiary/aromatic N) is 2. The maximum Gasteiger partial charge on any atom is 0.169 e. The Hall–Kier alpha value is -0.860. The van der Waals surface area contributed by atoms with Gasteiger partial charge in [-0.15, -0.1) is 0 Å². The highest BCUT2D eigenvalue weighted by atomic mass is 15.4. The fourth-order valence-electron chi connectivity index (χ4n) is 0.504. The average molecular weight is 128 g/mol. The maximum absolute atomic E-state index is 4.04. The first-order chi connectivity index (χ1) is 4.20. The van der Waals surface area contributed by atoms with Crippen LogP contribution in [0.4, 0.5) is 0 Å². The first-order valence-electron chi connectivity index (χ1n) is 3.00. The van der Waals surface area contributed by atoms with E-state index in [1.54, 1.807) is 7.05 Å². The van der Waals surface area contributed by atoms with Gasteiger partial charge in [0.15, 0.2) is 19.6 Å². The fraction of sp³-hybridized carbons (Fsp3) is 0.667. The van der Waals surface area contributed by atoms with Crippen molar-refractivity contribution in [2.45, 2.75) is 13.3 Å². The van der Waals surface area contributed by atoms with Gasteiger partial charge in [0.05, 0.1) is 0 Å². The zero-order valence-electron chi connectivity index (χ0n) is 6.31. The lowest BCUT2D eigenvalue weighted by atomic mass is 10.4. The Bertz CT molecular complexity index is 120. The van der Waals surface area contributed by atoms with Crippen LogP contribution in [0.25, 0.3) is 0 Å². The summed E-state index contributed by atoms with van der Waals surface area (Å²) in [5.41, 5.74) is 0. The number of amidine groups is 1. The summed E-state index contributed by atoms with van der Waals surface area (Å²) in [6.07, 6.45) is 0.913. The van der Waals surface area contributed by atoms with Crippen molar-refractivity contribution in [2.24, 2.45) is 5.10 Å². The van der Waals surface area contributed by atoms with Crippen LogP contribution < -0.4 is 5.32 Å². The van der Waals surface area contributed by atoms with Crippen LogP contribution >= 0.6 is 0 Å². The predicted octanol–water partition coefficient (Wildman–Crippen LogP) is 0.272. The molecular weight excluding hydrogens is 114 g/mol. The maximum atomic E-state index is 4.04. The number of nitrogens with one attached hydrogen (secondary N) is 1. The van der Waals surface area contributed by atoms with Crippen LogP contribution in [-0.4, -0.2) is 31.3 Å². The highest BCUT2D eigenvalue weighted by molar-refractivity contribution is 5.80. The van der Waals surface area contributed by atoms with E-state index in [0.717, 1.165) is 12.3 Å². The summed E-state index contributed by atoms with van der Waals surface area (Å²) >= 11 is 0. The molecule has 0 aromatic carbocycles. The predicted molar refractivity (Wildman–Crippen MR) is 40.1 cm³/mol. The van der Waals surface area contributed by atoms with Gasteiger partial charge in [0.2, 0.25) is 0 Å². The third-order valence-electron chi connectivity index (χ3n) is 0.915. The van der Waals surface area contributed by atoms with Crippen molar-refractivity contribution in [3.8, 4) is 0 Å². The monoisotopic (exact) mass is 128 g/mol. The zero-order valence-corrected chi connectivity index (χ0v) is 6.31. The van der Waals surface area contributed by atoms with Crippen molar-refractivity contribution in [3.05, 3.63) is 0 Å². The molecule has 52 valence electrons. The molecule has 0 bridgehead atoms. The van der Waals surface area contributed by atoms with Crippen LogP contribution in [0.2, 0.25) is 0 Å². The Morgan fingerprint density at radius 3 is 2.44 bits per heavy atom. The molecule has 0 saturated heterocycles. The van der Waals surface area contributed by atoms with Gasteiger partial charge >= 0.3 is 0 Å². The van der Waals surface area contributed by atoms with Gasteiger partial charge in [-0.2, -0.15) is 0 Å². The van der Waals surface area contributed by atoms with Gasteiger partial charge in [0.25, 0.3) is 0 Å². The van der Waals surface area contributed by atoms with E-state index in [1.807, 2.05) is 14.0 Å². The first kappa shape index (κ1) is 8.14. The van der Waals surface area contributed by atoms with E-state index >= 15 is 0 Å². The standard InChI is InChI=1S/C6H14N3/c1-5-6(7-2)8-9(3)4/h3,5H2,1-2,4H3,(H,7,8)/q+1. The molecule has 0 aromatic heterocycles. The van der Waals surface area contributed by atoms with Crippen LogP contribution in [0.3, 0.4) is 0 Å². The van der Waals surface area contributed by atoms with Gasteiger partial charge in [-0.3, -0.25) is 0 Å². The van der Waals surface area contributed by atoms with Crippen molar-refractivity contribution in [1.29, 1.82) is 0 Å². The minimum atomic E-state index is 0.913. The van der Waals surface area contributed by atoms with Crippen molar-refractivity contribution in [2.75, 3.05) is 14.1 Å². The molecule has 0 aromatic rings. The van der Waals surface area contributed by atoms with Crippen LogP contribution in [-0.2, 0) is 0 Å². The lowest BCUT2D eigenvalue weighted by molar-refractivity contribution is -0.493. The van der Waals surface area contributed by atoms with E-state index in [9.17, 15) is 0 Å². The van der Waals surface area contributed by atoms with E-state index in [1.165, 1.54) is 4.68 Å². The third kappa shape index (κ3) is 3.70. The minimum Gasteiger partial charge on any atom is -0.372 e. The minimum absolute atomic E-state index is 0.913. The molecule has 3 heteroatoms. The zero-order chi connectivity index (χ0) is 7.28. The molecule has 0 saturated carbocycles. The number of hydrogen-bond acceptors (Lipinski definition) is 1. The van der Waals surface area contributed by atoms with Crippen LogP contribution in [0.5, 0.6) is 0 Å². The molecule has 0 radical (unpaired) electrons. The molecule has 0 aliphatic carbocycles. The first-order valence-corrected chi connectivity index (χ1v) is 3.00. The summed E-state index contributed by atoms with van der Waals surface area (Å²) in [4.78, 5) is 0. The topological polar surface area (TPSA) is 27.4 Å². The average Bonchev–Trinajstić information content (AvgIpc) is 1.82. The third-order valence-corrected chi connectivity index (χ3v) is 0.915. The molecule has 9 heavy (non-hydrogen) atoms. The van der Waals surface area contributed by atoms with Crippen molar-refractivity contribution < 1.29 is 4.68 Å². The van der Waals surface area contributed by atoms with E-state index in [2.05, 4.69) is 17.1 Å². The summed E-state index contributed by atoms with van der Waals surface area (Å²) in [5, 5.41) is 6.99. The Kier molecular flexibility index (Phi) is 3.67. The Balaban J connectivity index is 3.91. The molecular formula is C6H14N3+. The molecule has 0 unspecified atom stereocenters. The van der Waals surface area contributed by atoms with Gasteiger partial charge in [0, 0.05) is 18.6 Å². The van der Waals surface area contributed by atoms with Gasteiger partial charge in [-0.1, -0.05) is 11.6 Å². The number of hydrogen-bond donors (Lipinski definition) is 1. The SMILES string of the molecule is C=[N+](C)/N=C(/CC)NC. The summed E-state index contributed by atoms with van der Waals surface area (Å²) < 4.78 is 1.54. The van der Waals surface area contributed by atoms with Crippen LogP contribution in [0.1, 0.15) is 13.3 Å². The fourth-order valence-corrected chi connectivity index (χ4v) is 0.504. The quantitative estimate of drug-likeness (QED) is 0.246. The molecule has 0 heterocycles. The van der Waals surface area contributed by atoms with E-state index in [-0.39, 0.29) is 0 Å². The lowest BCUT2D eigenvalue weighted by Gasteiger charge is -1.94. The van der Waals surface area contributed by atoms with Crippen LogP contribution in [0, 0.1) is 0 Å². The smallest absolute Gasteiger partial charge is 0.169 e. The highest BCUT2D eigenvalue weighted by Gasteiger charge is 1.92. The lowest BCUT2D eigenvalue weighted by Crippen LogP contribution is -2.18. The molecule has 0 amide bonds. The van der Waals surface area contributed by atoms with Gasteiger partial charge in [-0.05, 0) is 0 Å². The summed E-state index contributed by atoms with van der Waals surface area (Å²) in [6.45, 7) is 5.62. The Morgan fingerprint density at radius 1 is 1.78 bits per heavy atom. The molecule has 0 aliphatic rings. The second-order valence-electron chi connectivity index (χ2n) is 1.81. The van der Waals surface area contributed by atoms with Crippen LogP contribution in [0.15, 0.2) is 5.10 Å². The van der Waals surface area contributed by atoms with Gasteiger partial charge < -0.3 is 5.32 Å². The molecule has 1 N–H and O–H groups in total. The molecule has 3 nitrogen and oxygen atoms in total. The molecule has 0 fully saturated rings. The van der Waals surface area contributed by atoms with E-state index < -0.39 is 0 Å². The molecule has 0 atom stereocenters. The molecule has 0 spiro atoms. The van der Waals surface area contributed by atoms with Gasteiger partial charge in [-0.25, -0.2) is 0 Å². The van der Waals surface area contributed by atoms with E-state index in [4.69, 9.17) is 0 Å². The molecule has 0 rings (SSSR count). The summed E-state index contributed by atoms with van der Waals surface area (Å²) in [7, 11) is 3.65. The van der Waals surface area contributed by atoms with Crippen molar-refractivity contribution in [1.82, 2.24) is 5.32 Å². The Morgan fingerprint density at radius 2 is 2.33 bits per heavy atom. The van der Waals surface area contributed by atoms with Crippen molar-refractivity contribution in [3.63, 3.8) is 0 Å². The second-order valence-corrected chi connectivity index (χ2v) is 1.81. The van der Waals surface area contributed by atoms with Gasteiger partial charge in [0.1, 0.15) is 0 Å².